The van der Waals surface area contributed by atoms with Crippen molar-refractivity contribution in [2.24, 2.45) is 5.73 Å². The maximum atomic E-state index is 12.5. The molecule has 0 radical (unpaired) electrons. The standard InChI is InChI=1S/C8H6ClF5N2/c9-6-3(8(12,13)14)2-16-4(1-15)5(6)7(10)11/h2,7H,1,15H2. The summed E-state index contributed by atoms with van der Waals surface area (Å²) in [5, 5.41) is -1.04. The average Bonchev–Trinajstić information content (AvgIpc) is 2.14. The van der Waals surface area contributed by atoms with Gasteiger partial charge in [0.1, 0.15) is 0 Å². The van der Waals surface area contributed by atoms with Gasteiger partial charge in [-0.3, -0.25) is 4.98 Å². The number of hydrogen-bond donors (Lipinski definition) is 1. The van der Waals surface area contributed by atoms with Crippen LogP contribution in [0.2, 0.25) is 5.02 Å². The Morgan fingerprint density at radius 2 is 1.94 bits per heavy atom. The maximum absolute atomic E-state index is 12.5. The summed E-state index contributed by atoms with van der Waals surface area (Å²) in [4.78, 5) is 3.24. The number of pyridine rings is 1. The molecule has 0 saturated heterocycles. The van der Waals surface area contributed by atoms with Gasteiger partial charge in [-0.2, -0.15) is 13.2 Å². The first-order valence-electron chi connectivity index (χ1n) is 4.01. The largest absolute Gasteiger partial charge is 0.419 e. The van der Waals surface area contributed by atoms with Gasteiger partial charge in [0.05, 0.1) is 21.8 Å². The Hall–Kier alpha value is -0.950. The number of halogens is 6. The number of alkyl halides is 5. The van der Waals surface area contributed by atoms with E-state index in [-0.39, 0.29) is 5.69 Å². The molecule has 1 aromatic heterocycles. The Bertz CT molecular complexity index is 391. The molecule has 0 aromatic carbocycles. The first-order valence-corrected chi connectivity index (χ1v) is 4.39. The SMILES string of the molecule is NCc1ncc(C(F)(F)F)c(Cl)c1C(F)F. The predicted molar refractivity (Wildman–Crippen MR) is 47.1 cm³/mol. The highest BCUT2D eigenvalue weighted by Gasteiger charge is 2.36. The summed E-state index contributed by atoms with van der Waals surface area (Å²) in [7, 11) is 0. The Morgan fingerprint density at radius 3 is 2.31 bits per heavy atom. The minimum absolute atomic E-state index is 0.340. The van der Waals surface area contributed by atoms with E-state index in [0.717, 1.165) is 0 Å². The maximum Gasteiger partial charge on any atom is 0.419 e. The molecule has 0 amide bonds. The van der Waals surface area contributed by atoms with Gasteiger partial charge in [0.25, 0.3) is 6.43 Å². The minimum atomic E-state index is -4.82. The van der Waals surface area contributed by atoms with Crippen molar-refractivity contribution < 1.29 is 22.0 Å². The second kappa shape index (κ2) is 4.50. The van der Waals surface area contributed by atoms with Crippen molar-refractivity contribution >= 4 is 11.6 Å². The van der Waals surface area contributed by atoms with Gasteiger partial charge in [-0.25, -0.2) is 8.78 Å². The number of aromatic nitrogens is 1. The van der Waals surface area contributed by atoms with Crippen molar-refractivity contribution in [2.45, 2.75) is 19.1 Å². The zero-order chi connectivity index (χ0) is 12.5. The molecule has 0 aliphatic rings. The van der Waals surface area contributed by atoms with Crippen LogP contribution in [-0.2, 0) is 12.7 Å². The summed E-state index contributed by atoms with van der Waals surface area (Å²) in [6, 6.07) is 0. The Labute approximate surface area is 92.2 Å². The summed E-state index contributed by atoms with van der Waals surface area (Å²) >= 11 is 5.28. The minimum Gasteiger partial charge on any atom is -0.325 e. The first kappa shape index (κ1) is 13.1. The molecule has 1 heterocycles. The molecule has 0 aliphatic carbocycles. The Balaban J connectivity index is 3.44. The summed E-state index contributed by atoms with van der Waals surface area (Å²) in [5.41, 5.74) is 2.39. The molecular formula is C8H6ClF5N2. The van der Waals surface area contributed by atoms with Crippen molar-refractivity contribution in [1.82, 2.24) is 4.98 Å². The second-order valence-electron chi connectivity index (χ2n) is 2.85. The molecule has 8 heteroatoms. The van der Waals surface area contributed by atoms with Gasteiger partial charge in [-0.15, -0.1) is 0 Å². The lowest BCUT2D eigenvalue weighted by Crippen LogP contribution is -2.13. The van der Waals surface area contributed by atoms with Crippen molar-refractivity contribution in [3.63, 3.8) is 0 Å². The van der Waals surface area contributed by atoms with E-state index in [0.29, 0.717) is 6.20 Å². The van der Waals surface area contributed by atoms with Crippen LogP contribution < -0.4 is 5.73 Å². The number of rotatable bonds is 2. The van der Waals surface area contributed by atoms with Gasteiger partial charge in [0.2, 0.25) is 0 Å². The van der Waals surface area contributed by atoms with Gasteiger partial charge in [-0.1, -0.05) is 11.6 Å². The van der Waals surface area contributed by atoms with Crippen LogP contribution in [0, 0.1) is 0 Å². The van der Waals surface area contributed by atoms with Crippen LogP contribution in [0.5, 0.6) is 0 Å². The average molecular weight is 261 g/mol. The number of nitrogens with zero attached hydrogens (tertiary/aromatic N) is 1. The lowest BCUT2D eigenvalue weighted by molar-refractivity contribution is -0.137. The molecule has 16 heavy (non-hydrogen) atoms. The Morgan fingerprint density at radius 1 is 1.38 bits per heavy atom. The van der Waals surface area contributed by atoms with Crippen LogP contribution >= 0.6 is 11.6 Å². The van der Waals surface area contributed by atoms with E-state index >= 15 is 0 Å². The van der Waals surface area contributed by atoms with Crippen LogP contribution in [0.1, 0.15) is 23.2 Å². The molecule has 0 atom stereocenters. The number of hydrogen-bond acceptors (Lipinski definition) is 2. The van der Waals surface area contributed by atoms with Crippen LogP contribution in [0.15, 0.2) is 6.20 Å². The molecule has 0 aliphatic heterocycles. The summed E-state index contributed by atoms with van der Waals surface area (Å²) in [6.07, 6.45) is -7.57. The van der Waals surface area contributed by atoms with Crippen LogP contribution in [0.25, 0.3) is 0 Å². The van der Waals surface area contributed by atoms with Gasteiger partial charge in [0, 0.05) is 12.7 Å². The van der Waals surface area contributed by atoms with Gasteiger partial charge < -0.3 is 5.73 Å². The van der Waals surface area contributed by atoms with Crippen molar-refractivity contribution in [3.8, 4) is 0 Å². The molecule has 1 aromatic rings. The molecule has 90 valence electrons. The van der Waals surface area contributed by atoms with Gasteiger partial charge in [-0.05, 0) is 0 Å². The van der Waals surface area contributed by atoms with E-state index in [4.69, 9.17) is 17.3 Å². The van der Waals surface area contributed by atoms with Crippen LogP contribution in [0.3, 0.4) is 0 Å². The molecule has 0 bridgehead atoms. The van der Waals surface area contributed by atoms with Crippen LogP contribution in [-0.4, -0.2) is 4.98 Å². The van der Waals surface area contributed by atoms with Crippen molar-refractivity contribution in [2.75, 3.05) is 0 Å². The highest BCUT2D eigenvalue weighted by Crippen LogP contribution is 2.39. The molecule has 0 saturated carbocycles. The summed E-state index contributed by atoms with van der Waals surface area (Å²) < 4.78 is 62.0. The molecule has 0 fully saturated rings. The smallest absolute Gasteiger partial charge is 0.325 e. The van der Waals surface area contributed by atoms with Gasteiger partial charge in [0.15, 0.2) is 0 Å². The van der Waals surface area contributed by atoms with E-state index in [2.05, 4.69) is 4.98 Å². The third-order valence-electron chi connectivity index (χ3n) is 1.85. The third kappa shape index (κ3) is 2.41. The quantitative estimate of drug-likeness (QED) is 0.830. The van der Waals surface area contributed by atoms with Crippen LogP contribution in [0.4, 0.5) is 22.0 Å². The molecule has 1 rings (SSSR count). The summed E-state index contributed by atoms with van der Waals surface area (Å²) in [6.45, 7) is -0.405. The lowest BCUT2D eigenvalue weighted by Gasteiger charge is -2.14. The molecule has 2 N–H and O–H groups in total. The molecule has 0 unspecified atom stereocenters. The summed E-state index contributed by atoms with van der Waals surface area (Å²) in [5.74, 6) is 0. The highest BCUT2D eigenvalue weighted by molar-refractivity contribution is 6.32. The monoisotopic (exact) mass is 260 g/mol. The molecule has 0 spiro atoms. The van der Waals surface area contributed by atoms with E-state index in [1.807, 2.05) is 0 Å². The van der Waals surface area contributed by atoms with E-state index in [9.17, 15) is 22.0 Å². The fraction of sp³-hybridized carbons (Fsp3) is 0.375. The van der Waals surface area contributed by atoms with Crippen molar-refractivity contribution in [3.05, 3.63) is 28.0 Å². The Kier molecular flexibility index (Phi) is 3.69. The predicted octanol–water partition coefficient (Wildman–Crippen LogP) is 3.15. The highest BCUT2D eigenvalue weighted by atomic mass is 35.5. The van der Waals surface area contributed by atoms with E-state index in [1.165, 1.54) is 0 Å². The second-order valence-corrected chi connectivity index (χ2v) is 3.23. The topological polar surface area (TPSA) is 38.9 Å². The first-order chi connectivity index (χ1) is 7.29. The third-order valence-corrected chi connectivity index (χ3v) is 2.26. The number of nitrogens with two attached hydrogens (primary N) is 1. The normalized spacial score (nSPS) is 12.2. The fourth-order valence-corrected chi connectivity index (χ4v) is 1.47. The van der Waals surface area contributed by atoms with E-state index in [1.54, 1.807) is 0 Å². The van der Waals surface area contributed by atoms with E-state index < -0.39 is 35.3 Å². The molecule has 2 nitrogen and oxygen atoms in total. The zero-order valence-electron chi connectivity index (χ0n) is 7.65. The lowest BCUT2D eigenvalue weighted by atomic mass is 10.1. The molecular weight excluding hydrogens is 255 g/mol. The van der Waals surface area contributed by atoms with Gasteiger partial charge >= 0.3 is 6.18 Å². The fourth-order valence-electron chi connectivity index (χ4n) is 1.12. The zero-order valence-corrected chi connectivity index (χ0v) is 8.41. The van der Waals surface area contributed by atoms with Crippen molar-refractivity contribution in [1.29, 1.82) is 0 Å².